The molecule has 0 aliphatic rings. The summed E-state index contributed by atoms with van der Waals surface area (Å²) in [6, 6.07) is 0. The van der Waals surface area contributed by atoms with Crippen LogP contribution < -0.4 is 180 Å². The van der Waals surface area contributed by atoms with Crippen molar-refractivity contribution in [1.82, 2.24) is 0 Å². The van der Waals surface area contributed by atoms with Gasteiger partial charge in [-0.05, 0) is 0 Å². The quantitative estimate of drug-likeness (QED) is 0.197. The molecule has 0 aliphatic heterocycles. The first-order valence-corrected chi connectivity index (χ1v) is 6.21. The van der Waals surface area contributed by atoms with E-state index in [2.05, 4.69) is 4.74 Å². The maximum atomic E-state index is 11.6. The molecule has 17 heteroatoms. The van der Waals surface area contributed by atoms with Gasteiger partial charge in [0.25, 0.3) is 0 Å². The van der Waals surface area contributed by atoms with Gasteiger partial charge >= 0.3 is 198 Å². The van der Waals surface area contributed by atoms with Crippen LogP contribution in [0.1, 0.15) is 25.7 Å². The Morgan fingerprint density at radius 1 is 0.655 bits per heavy atom. The molecule has 13 nitrogen and oxygen atoms in total. The van der Waals surface area contributed by atoms with Gasteiger partial charge in [0, 0.05) is 37.2 Å². The number of ether oxygens (including phenoxy) is 1. The van der Waals surface area contributed by atoms with Gasteiger partial charge in [0.15, 0.2) is 5.60 Å². The minimum absolute atomic E-state index is 0. The summed E-state index contributed by atoms with van der Waals surface area (Å²) < 4.78 is 4.14. The van der Waals surface area contributed by atoms with Crippen molar-refractivity contribution < 1.29 is 218 Å². The Kier molecular flexibility index (Phi) is 28.0. The molecule has 1 unspecified atom stereocenters. The predicted octanol–water partition coefficient (Wildman–Crippen LogP) is -18.1. The first-order chi connectivity index (χ1) is 11.2. The maximum Gasteiger partial charge on any atom is 2.00 e. The van der Waals surface area contributed by atoms with Crippen molar-refractivity contribution in [3.05, 3.63) is 0 Å². The molecular weight excluding hydrogens is 509 g/mol. The van der Waals surface area contributed by atoms with Gasteiger partial charge in [-0.1, -0.05) is 0 Å². The molecule has 0 fully saturated rings. The summed E-state index contributed by atoms with van der Waals surface area (Å²) in [7, 11) is 0. The van der Waals surface area contributed by atoms with E-state index in [1.165, 1.54) is 0 Å². The molecule has 0 saturated heterocycles. The molecule has 140 valence electrons. The van der Waals surface area contributed by atoms with Crippen molar-refractivity contribution in [3.63, 3.8) is 0 Å². The molecule has 0 rings (SSSR count). The largest absolute Gasteiger partial charge is 2.00 e. The second kappa shape index (κ2) is 19.3. The molecular formula is C12H9CaK3O13. The summed E-state index contributed by atoms with van der Waals surface area (Å²) in [5.41, 5.74) is -6.74. The van der Waals surface area contributed by atoms with Crippen LogP contribution in [0.5, 0.6) is 0 Å². The van der Waals surface area contributed by atoms with Gasteiger partial charge in [0.1, 0.15) is 5.60 Å². The Balaban J connectivity index is -0.000000480. The molecule has 0 saturated carbocycles. The van der Waals surface area contributed by atoms with E-state index >= 15 is 0 Å². The van der Waals surface area contributed by atoms with Crippen LogP contribution in [0.15, 0.2) is 0 Å². The van der Waals surface area contributed by atoms with E-state index in [1.807, 2.05) is 0 Å². The summed E-state index contributed by atoms with van der Waals surface area (Å²) in [6.07, 6.45) is -6.80. The van der Waals surface area contributed by atoms with E-state index in [0.717, 1.165) is 0 Å². The Bertz CT molecular complexity index is 610. The Morgan fingerprint density at radius 2 is 1.00 bits per heavy atom. The second-order valence-electron chi connectivity index (χ2n) is 4.90. The zero-order valence-electron chi connectivity index (χ0n) is 15.9. The zero-order chi connectivity index (χ0) is 20.0. The van der Waals surface area contributed by atoms with E-state index in [4.69, 9.17) is 0 Å². The van der Waals surface area contributed by atoms with Crippen molar-refractivity contribution in [2.24, 2.45) is 0 Å². The zero-order valence-corrected chi connectivity index (χ0v) is 27.5. The van der Waals surface area contributed by atoms with E-state index in [9.17, 15) is 59.4 Å². The topological polar surface area (TPSA) is 247 Å². The van der Waals surface area contributed by atoms with Gasteiger partial charge in [0.05, 0.1) is 18.4 Å². The van der Waals surface area contributed by atoms with Gasteiger partial charge < -0.3 is 59.3 Å². The first kappa shape index (κ1) is 42.1. The van der Waals surface area contributed by atoms with Crippen molar-refractivity contribution >= 4 is 73.6 Å². The van der Waals surface area contributed by atoms with E-state index < -0.39 is 72.7 Å². The van der Waals surface area contributed by atoms with Gasteiger partial charge in [-0.3, -0.25) is 4.79 Å². The number of hydrogen-bond acceptors (Lipinski definition) is 13. The molecule has 0 amide bonds. The third-order valence-electron chi connectivity index (χ3n) is 2.79. The molecule has 0 aromatic rings. The molecule has 0 heterocycles. The number of aliphatic carboxylic acids is 5. The fraction of sp³-hybridized carbons (Fsp3) is 0.500. The van der Waals surface area contributed by atoms with Gasteiger partial charge in [-0.25, -0.2) is 0 Å². The number of rotatable bonds is 11. The summed E-state index contributed by atoms with van der Waals surface area (Å²) in [6.45, 7) is 0. The third kappa shape index (κ3) is 16.3. The summed E-state index contributed by atoms with van der Waals surface area (Å²) in [4.78, 5) is 65.0. The number of carboxylic acids is 5. The molecule has 0 aliphatic carbocycles. The number of carbonyl (C=O) groups excluding carboxylic acids is 6. The second-order valence-corrected chi connectivity index (χ2v) is 4.90. The van der Waals surface area contributed by atoms with Gasteiger partial charge in [0.2, 0.25) is 0 Å². The van der Waals surface area contributed by atoms with Crippen molar-refractivity contribution in [2.45, 2.75) is 36.9 Å². The molecule has 29 heavy (non-hydrogen) atoms. The number of aliphatic hydroxyl groups is 1. The van der Waals surface area contributed by atoms with E-state index in [0.29, 0.717) is 0 Å². The van der Waals surface area contributed by atoms with Crippen LogP contribution in [0.25, 0.3) is 0 Å². The third-order valence-corrected chi connectivity index (χ3v) is 2.79. The van der Waals surface area contributed by atoms with E-state index in [1.54, 1.807) is 0 Å². The van der Waals surface area contributed by atoms with Crippen molar-refractivity contribution in [3.8, 4) is 0 Å². The smallest absolute Gasteiger partial charge is 0.550 e. The average Bonchev–Trinajstić information content (AvgIpc) is 2.34. The molecule has 1 N–H and O–H groups in total. The minimum Gasteiger partial charge on any atom is -0.550 e. The molecule has 0 bridgehead atoms. The van der Waals surface area contributed by atoms with Gasteiger partial charge in [-0.15, -0.1) is 0 Å². The van der Waals surface area contributed by atoms with Crippen LogP contribution in [0.3, 0.4) is 0 Å². The van der Waals surface area contributed by atoms with Crippen LogP contribution >= 0.6 is 0 Å². The minimum atomic E-state index is -3.39. The summed E-state index contributed by atoms with van der Waals surface area (Å²) >= 11 is 0. The van der Waals surface area contributed by atoms with Crippen molar-refractivity contribution in [1.29, 1.82) is 0 Å². The monoisotopic (exact) mass is 518 g/mol. The fourth-order valence-corrected chi connectivity index (χ4v) is 1.73. The SMILES string of the molecule is O=C([O-])CC(O)(CC(=O)OC(CC(=O)[O-])(CC(=O)[O-])C(=O)[O-])C(=O)[O-].[Ca+2].[K+].[K+].[K+]. The van der Waals surface area contributed by atoms with Crippen LogP contribution in [0.2, 0.25) is 0 Å². The standard InChI is InChI=1S/C12H14O13.Ca.3K/c13-5(14)1-11(24,9(20)21)4-8(19)25-12(10(22)23,2-6(15)16)3-7(17)18;;;;/h24H,1-4H2,(H,13,14)(H,15,16)(H,17,18)(H,20,21)(H,22,23);;;;/q;+2;3*+1/p-5. The first-order valence-electron chi connectivity index (χ1n) is 6.21. The van der Waals surface area contributed by atoms with Crippen LogP contribution in [0, 0.1) is 0 Å². The predicted molar refractivity (Wildman–Crippen MR) is 63.0 cm³/mol. The number of carboxylic acid groups (broad SMARTS) is 5. The average molecular weight is 519 g/mol. The number of carbonyl (C=O) groups is 6. The molecule has 0 aromatic heterocycles. The molecule has 0 spiro atoms. The van der Waals surface area contributed by atoms with Gasteiger partial charge in [-0.2, -0.15) is 0 Å². The Labute approximate surface area is 320 Å². The summed E-state index contributed by atoms with van der Waals surface area (Å²) in [5.74, 6) is -13.4. The van der Waals surface area contributed by atoms with Crippen molar-refractivity contribution in [2.75, 3.05) is 0 Å². The van der Waals surface area contributed by atoms with Crippen LogP contribution in [0.4, 0.5) is 0 Å². The normalized spacial score (nSPS) is 11.5. The maximum absolute atomic E-state index is 11.6. The fourth-order valence-electron chi connectivity index (χ4n) is 1.73. The Morgan fingerprint density at radius 3 is 1.24 bits per heavy atom. The summed E-state index contributed by atoms with van der Waals surface area (Å²) in [5, 5.41) is 62.9. The van der Waals surface area contributed by atoms with Crippen LogP contribution in [-0.2, 0) is 33.5 Å². The number of hydrogen-bond donors (Lipinski definition) is 1. The Hall–Kier alpha value is 2.95. The van der Waals surface area contributed by atoms with Crippen LogP contribution in [-0.4, -0.2) is 89.9 Å². The molecule has 0 aromatic carbocycles. The molecule has 0 radical (unpaired) electrons. The number of esters is 1. The molecule has 1 atom stereocenters. The van der Waals surface area contributed by atoms with E-state index in [-0.39, 0.29) is 192 Å².